The number of aliphatic hydroxyl groups excluding tert-OH is 1. The first-order valence-electron chi connectivity index (χ1n) is 6.12. The average Bonchev–Trinajstić information content (AvgIpc) is 2.84. The monoisotopic (exact) mass is 262 g/mol. The molecule has 0 aliphatic heterocycles. The highest BCUT2D eigenvalue weighted by atomic mass is 16.5. The van der Waals surface area contributed by atoms with Gasteiger partial charge in [-0.05, 0) is 12.1 Å². The number of aryl methyl sites for hydroxylation is 1. The van der Waals surface area contributed by atoms with Crippen LogP contribution in [0, 0.1) is 0 Å². The molecule has 1 aromatic carbocycles. The first-order valence-corrected chi connectivity index (χ1v) is 6.12. The summed E-state index contributed by atoms with van der Waals surface area (Å²) >= 11 is 0. The van der Waals surface area contributed by atoms with Gasteiger partial charge in [-0.3, -0.25) is 4.68 Å². The van der Waals surface area contributed by atoms with Crippen LogP contribution in [0.1, 0.15) is 11.3 Å². The predicted octanol–water partition coefficient (Wildman–Crippen LogP) is 1.54. The second kappa shape index (κ2) is 6.24. The zero-order valence-corrected chi connectivity index (χ0v) is 11.2. The number of nitrogens with zero attached hydrogens (tertiary/aromatic N) is 2. The molecule has 2 aromatic rings. The molecule has 0 spiro atoms. The lowest BCUT2D eigenvalue weighted by molar-refractivity contribution is 0.255. The fraction of sp³-hybridized carbons (Fsp3) is 0.357. The molecule has 0 saturated carbocycles. The lowest BCUT2D eigenvalue weighted by Crippen LogP contribution is -2.08. The molecule has 0 unspecified atom stereocenters. The largest absolute Gasteiger partial charge is 0.493 e. The highest BCUT2D eigenvalue weighted by molar-refractivity contribution is 5.46. The van der Waals surface area contributed by atoms with Crippen LogP contribution >= 0.6 is 0 Å². The average molecular weight is 262 g/mol. The van der Waals surface area contributed by atoms with Crippen LogP contribution in [-0.2, 0) is 20.1 Å². The Morgan fingerprint density at radius 3 is 2.79 bits per heavy atom. The molecular formula is C14H18N2O3. The maximum Gasteiger partial charge on any atom is 0.166 e. The Morgan fingerprint density at radius 2 is 2.16 bits per heavy atom. The van der Waals surface area contributed by atoms with Gasteiger partial charge in [-0.2, -0.15) is 5.10 Å². The van der Waals surface area contributed by atoms with Crippen LogP contribution in [0.2, 0.25) is 0 Å². The standard InChI is InChI=1S/C14H18N2O3/c1-16-12(6-8-15-16)7-9-19-14-11(10-17)4-3-5-13(14)18-2/h3-6,8,17H,7,9-10H2,1-2H3. The Labute approximate surface area is 112 Å². The van der Waals surface area contributed by atoms with E-state index in [4.69, 9.17) is 9.47 Å². The summed E-state index contributed by atoms with van der Waals surface area (Å²) in [5.74, 6) is 1.24. The fourth-order valence-electron chi connectivity index (χ4n) is 1.91. The molecule has 0 saturated heterocycles. The van der Waals surface area contributed by atoms with Crippen molar-refractivity contribution in [3.63, 3.8) is 0 Å². The van der Waals surface area contributed by atoms with E-state index < -0.39 is 0 Å². The minimum atomic E-state index is -0.0712. The molecule has 1 aromatic heterocycles. The van der Waals surface area contributed by atoms with Gasteiger partial charge < -0.3 is 14.6 Å². The molecule has 0 amide bonds. The summed E-state index contributed by atoms with van der Waals surface area (Å²) in [6, 6.07) is 7.43. The van der Waals surface area contributed by atoms with Gasteiger partial charge in [-0.25, -0.2) is 0 Å². The Bertz CT molecular complexity index is 515. The van der Waals surface area contributed by atoms with Crippen LogP contribution in [0.5, 0.6) is 11.5 Å². The maximum atomic E-state index is 9.32. The molecule has 19 heavy (non-hydrogen) atoms. The van der Waals surface area contributed by atoms with Crippen molar-refractivity contribution in [3.05, 3.63) is 41.7 Å². The predicted molar refractivity (Wildman–Crippen MR) is 71.3 cm³/mol. The van der Waals surface area contributed by atoms with E-state index in [2.05, 4.69) is 5.10 Å². The highest BCUT2D eigenvalue weighted by Gasteiger charge is 2.10. The number of para-hydroxylation sites is 1. The van der Waals surface area contributed by atoms with Crippen molar-refractivity contribution in [2.24, 2.45) is 7.05 Å². The third kappa shape index (κ3) is 3.06. The molecule has 0 aliphatic carbocycles. The van der Waals surface area contributed by atoms with Crippen molar-refractivity contribution in [2.75, 3.05) is 13.7 Å². The van der Waals surface area contributed by atoms with E-state index in [1.54, 1.807) is 13.3 Å². The Balaban J connectivity index is 2.04. The van der Waals surface area contributed by atoms with Gasteiger partial charge in [-0.1, -0.05) is 12.1 Å². The van der Waals surface area contributed by atoms with Crippen molar-refractivity contribution in [1.82, 2.24) is 9.78 Å². The third-order valence-electron chi connectivity index (χ3n) is 2.98. The van der Waals surface area contributed by atoms with Gasteiger partial charge in [0.2, 0.25) is 0 Å². The molecule has 0 bridgehead atoms. The van der Waals surface area contributed by atoms with Gasteiger partial charge >= 0.3 is 0 Å². The molecule has 5 nitrogen and oxygen atoms in total. The minimum absolute atomic E-state index is 0.0712. The van der Waals surface area contributed by atoms with Gasteiger partial charge in [0.05, 0.1) is 20.3 Å². The second-order valence-corrected chi connectivity index (χ2v) is 4.15. The lowest BCUT2D eigenvalue weighted by atomic mass is 10.2. The zero-order chi connectivity index (χ0) is 13.7. The zero-order valence-electron chi connectivity index (χ0n) is 11.2. The molecule has 5 heteroatoms. The summed E-state index contributed by atoms with van der Waals surface area (Å²) < 4.78 is 12.8. The van der Waals surface area contributed by atoms with E-state index in [9.17, 15) is 5.11 Å². The van der Waals surface area contributed by atoms with Crippen LogP contribution in [0.3, 0.4) is 0 Å². The molecule has 1 N–H and O–H groups in total. The van der Waals surface area contributed by atoms with Crippen molar-refractivity contribution in [3.8, 4) is 11.5 Å². The number of rotatable bonds is 6. The summed E-state index contributed by atoms with van der Waals surface area (Å²) in [5, 5.41) is 13.4. The number of methoxy groups -OCH3 is 1. The van der Waals surface area contributed by atoms with Crippen molar-refractivity contribution < 1.29 is 14.6 Å². The van der Waals surface area contributed by atoms with Crippen LogP contribution < -0.4 is 9.47 Å². The number of hydrogen-bond donors (Lipinski definition) is 1. The smallest absolute Gasteiger partial charge is 0.166 e. The first kappa shape index (κ1) is 13.4. The van der Waals surface area contributed by atoms with Crippen LogP contribution in [0.4, 0.5) is 0 Å². The van der Waals surface area contributed by atoms with Gasteiger partial charge in [0.1, 0.15) is 0 Å². The summed E-state index contributed by atoms with van der Waals surface area (Å²) in [6.07, 6.45) is 2.51. The molecule has 0 atom stereocenters. The molecular weight excluding hydrogens is 244 g/mol. The first-order chi connectivity index (χ1) is 9.26. The van der Waals surface area contributed by atoms with Crippen LogP contribution in [0.25, 0.3) is 0 Å². The van der Waals surface area contributed by atoms with E-state index in [1.807, 2.05) is 36.0 Å². The molecule has 1 heterocycles. The molecule has 2 rings (SSSR count). The number of aromatic nitrogens is 2. The Morgan fingerprint density at radius 1 is 1.32 bits per heavy atom. The summed E-state index contributed by atoms with van der Waals surface area (Å²) in [7, 11) is 3.49. The van der Waals surface area contributed by atoms with Gasteiger partial charge in [0, 0.05) is 30.9 Å². The maximum absolute atomic E-state index is 9.32. The Hall–Kier alpha value is -2.01. The van der Waals surface area contributed by atoms with E-state index in [1.165, 1.54) is 0 Å². The van der Waals surface area contributed by atoms with Crippen LogP contribution in [-0.4, -0.2) is 28.6 Å². The molecule has 0 fully saturated rings. The summed E-state index contributed by atoms with van der Waals surface area (Å²) in [5.41, 5.74) is 1.82. The number of hydrogen-bond acceptors (Lipinski definition) is 4. The van der Waals surface area contributed by atoms with Crippen molar-refractivity contribution >= 4 is 0 Å². The summed E-state index contributed by atoms with van der Waals surface area (Å²) in [6.45, 7) is 0.436. The topological polar surface area (TPSA) is 56.5 Å². The third-order valence-corrected chi connectivity index (χ3v) is 2.98. The molecule has 0 aliphatic rings. The lowest BCUT2D eigenvalue weighted by Gasteiger charge is -2.13. The van der Waals surface area contributed by atoms with E-state index in [-0.39, 0.29) is 6.61 Å². The van der Waals surface area contributed by atoms with E-state index in [0.29, 0.717) is 18.1 Å². The SMILES string of the molecule is COc1cccc(CO)c1OCCc1ccnn1C. The minimum Gasteiger partial charge on any atom is -0.493 e. The number of benzene rings is 1. The second-order valence-electron chi connectivity index (χ2n) is 4.15. The molecule has 102 valence electrons. The van der Waals surface area contributed by atoms with Crippen molar-refractivity contribution in [1.29, 1.82) is 0 Å². The normalized spacial score (nSPS) is 10.5. The highest BCUT2D eigenvalue weighted by Crippen LogP contribution is 2.31. The molecule has 0 radical (unpaired) electrons. The van der Waals surface area contributed by atoms with E-state index >= 15 is 0 Å². The van der Waals surface area contributed by atoms with Crippen LogP contribution in [0.15, 0.2) is 30.5 Å². The van der Waals surface area contributed by atoms with Gasteiger partial charge in [0.25, 0.3) is 0 Å². The summed E-state index contributed by atoms with van der Waals surface area (Å²) in [4.78, 5) is 0. The fourth-order valence-corrected chi connectivity index (χ4v) is 1.91. The number of ether oxygens (including phenoxy) is 2. The van der Waals surface area contributed by atoms with Crippen molar-refractivity contribution in [2.45, 2.75) is 13.0 Å². The van der Waals surface area contributed by atoms with E-state index in [0.717, 1.165) is 17.7 Å². The van der Waals surface area contributed by atoms with Gasteiger partial charge in [0.15, 0.2) is 11.5 Å². The quantitative estimate of drug-likeness (QED) is 0.858. The Kier molecular flexibility index (Phi) is 4.41. The van der Waals surface area contributed by atoms with Gasteiger partial charge in [-0.15, -0.1) is 0 Å². The number of aliphatic hydroxyl groups is 1.